The lowest BCUT2D eigenvalue weighted by Crippen LogP contribution is -2.14. The molecule has 0 saturated heterocycles. The summed E-state index contributed by atoms with van der Waals surface area (Å²) >= 11 is 2.76. The molecule has 0 aliphatic rings. The molecule has 6 nitrogen and oxygen atoms in total. The van der Waals surface area contributed by atoms with Gasteiger partial charge in [-0.25, -0.2) is 4.98 Å². The fourth-order valence-corrected chi connectivity index (χ4v) is 1.88. The Morgan fingerprint density at radius 2 is 2.21 bits per heavy atom. The maximum Gasteiger partial charge on any atom is 0.434 e. The number of nitrogens with zero attached hydrogens (tertiary/aromatic N) is 4. The van der Waals surface area contributed by atoms with Gasteiger partial charge >= 0.3 is 12.1 Å². The third kappa shape index (κ3) is 2.67. The van der Waals surface area contributed by atoms with Gasteiger partial charge in [-0.3, -0.25) is 4.79 Å². The third-order valence-corrected chi connectivity index (χ3v) is 2.74. The highest BCUT2D eigenvalue weighted by Gasteiger charge is 2.37. The van der Waals surface area contributed by atoms with Crippen molar-refractivity contribution >= 4 is 27.7 Å². The highest BCUT2D eigenvalue weighted by atomic mass is 79.9. The Labute approximate surface area is 112 Å². The van der Waals surface area contributed by atoms with Crippen molar-refractivity contribution < 1.29 is 22.7 Å². The summed E-state index contributed by atoms with van der Waals surface area (Å²) < 4.78 is 43.3. The molecule has 2 aromatic heterocycles. The molecule has 0 aliphatic carbocycles. The minimum Gasteiger partial charge on any atom is -0.469 e. The molecule has 0 fully saturated rings. The van der Waals surface area contributed by atoms with Crippen LogP contribution in [0.1, 0.15) is 11.5 Å². The molecule has 2 aromatic rings. The van der Waals surface area contributed by atoms with E-state index in [1.54, 1.807) is 0 Å². The van der Waals surface area contributed by atoms with Gasteiger partial charge in [0.15, 0.2) is 11.5 Å². The minimum absolute atomic E-state index is 0.0945. The number of halogens is 4. The molecule has 0 aliphatic heterocycles. The van der Waals surface area contributed by atoms with Gasteiger partial charge in [0.25, 0.3) is 5.78 Å². The second-order valence-electron chi connectivity index (χ2n) is 3.45. The standard InChI is InChI=1S/C9H6BrF3N4O2/c1-19-6(18)2-5-15-8-14-3-4(10)7(9(11,12)13)17(8)16-5/h3H,2H2,1H3. The van der Waals surface area contributed by atoms with E-state index in [-0.39, 0.29) is 22.5 Å². The number of rotatable bonds is 2. The predicted octanol–water partition coefficient (Wildman–Crippen LogP) is 1.62. The van der Waals surface area contributed by atoms with E-state index in [1.807, 2.05) is 0 Å². The first-order valence-electron chi connectivity index (χ1n) is 4.87. The van der Waals surface area contributed by atoms with Crippen molar-refractivity contribution in [3.8, 4) is 0 Å². The average molecular weight is 339 g/mol. The second kappa shape index (κ2) is 4.76. The molecule has 2 rings (SSSR count). The van der Waals surface area contributed by atoms with Crippen LogP contribution in [0.2, 0.25) is 0 Å². The monoisotopic (exact) mass is 338 g/mol. The van der Waals surface area contributed by atoms with E-state index in [1.165, 1.54) is 0 Å². The van der Waals surface area contributed by atoms with Gasteiger partial charge in [0.2, 0.25) is 0 Å². The van der Waals surface area contributed by atoms with Gasteiger partial charge in [0.05, 0.1) is 11.6 Å². The molecule has 0 amide bonds. The predicted molar refractivity (Wildman–Crippen MR) is 59.2 cm³/mol. The van der Waals surface area contributed by atoms with Crippen LogP contribution in [0.4, 0.5) is 13.2 Å². The molecular weight excluding hydrogens is 333 g/mol. The largest absolute Gasteiger partial charge is 0.469 e. The van der Waals surface area contributed by atoms with E-state index >= 15 is 0 Å². The minimum atomic E-state index is -4.63. The topological polar surface area (TPSA) is 69.4 Å². The lowest BCUT2D eigenvalue weighted by molar-refractivity contribution is -0.143. The van der Waals surface area contributed by atoms with E-state index in [0.717, 1.165) is 13.3 Å². The van der Waals surface area contributed by atoms with E-state index in [2.05, 4.69) is 35.7 Å². The van der Waals surface area contributed by atoms with Crippen molar-refractivity contribution in [3.63, 3.8) is 0 Å². The van der Waals surface area contributed by atoms with Crippen LogP contribution in [0.15, 0.2) is 10.7 Å². The molecule has 19 heavy (non-hydrogen) atoms. The number of esters is 1. The summed E-state index contributed by atoms with van der Waals surface area (Å²) in [5, 5.41) is 3.62. The SMILES string of the molecule is COC(=O)Cc1nc2ncc(Br)c(C(F)(F)F)n2n1. The van der Waals surface area contributed by atoms with E-state index in [9.17, 15) is 18.0 Å². The van der Waals surface area contributed by atoms with Gasteiger partial charge < -0.3 is 4.74 Å². The number of ether oxygens (including phenoxy) is 1. The molecular formula is C9H6BrF3N4O2. The van der Waals surface area contributed by atoms with E-state index in [0.29, 0.717) is 4.52 Å². The van der Waals surface area contributed by atoms with E-state index in [4.69, 9.17) is 0 Å². The fraction of sp³-hybridized carbons (Fsp3) is 0.333. The Kier molecular flexibility index (Phi) is 3.43. The second-order valence-corrected chi connectivity index (χ2v) is 4.30. The molecule has 0 atom stereocenters. The Hall–Kier alpha value is -1.71. The molecule has 0 spiro atoms. The van der Waals surface area contributed by atoms with Gasteiger partial charge in [-0.05, 0) is 15.9 Å². The van der Waals surface area contributed by atoms with Crippen LogP contribution >= 0.6 is 15.9 Å². The molecule has 0 bridgehead atoms. The zero-order chi connectivity index (χ0) is 14.2. The van der Waals surface area contributed by atoms with Crippen LogP contribution in [-0.4, -0.2) is 32.7 Å². The molecule has 0 aromatic carbocycles. The highest BCUT2D eigenvalue weighted by molar-refractivity contribution is 9.10. The fourth-order valence-electron chi connectivity index (χ4n) is 1.39. The van der Waals surface area contributed by atoms with Gasteiger partial charge in [-0.15, -0.1) is 5.10 Å². The maximum absolute atomic E-state index is 12.9. The molecule has 0 radical (unpaired) electrons. The highest BCUT2D eigenvalue weighted by Crippen LogP contribution is 2.34. The first kappa shape index (κ1) is 13.7. The number of carbonyl (C=O) groups excluding carboxylic acids is 1. The number of aromatic nitrogens is 4. The summed E-state index contributed by atoms with van der Waals surface area (Å²) in [7, 11) is 1.16. The summed E-state index contributed by atoms with van der Waals surface area (Å²) in [6, 6.07) is 0. The Bertz CT molecular complexity index is 640. The zero-order valence-corrected chi connectivity index (χ0v) is 11.0. The summed E-state index contributed by atoms with van der Waals surface area (Å²) in [5.41, 5.74) is -1.04. The smallest absolute Gasteiger partial charge is 0.434 e. The summed E-state index contributed by atoms with van der Waals surface area (Å²) in [6.07, 6.45) is -3.97. The van der Waals surface area contributed by atoms with Crippen LogP contribution in [0.3, 0.4) is 0 Å². The summed E-state index contributed by atoms with van der Waals surface area (Å²) in [6.45, 7) is 0. The summed E-state index contributed by atoms with van der Waals surface area (Å²) in [5.74, 6) is -0.985. The summed E-state index contributed by atoms with van der Waals surface area (Å²) in [4.78, 5) is 18.5. The lowest BCUT2D eigenvalue weighted by atomic mass is 10.4. The Morgan fingerprint density at radius 3 is 2.79 bits per heavy atom. The average Bonchev–Trinajstić information content (AvgIpc) is 2.68. The van der Waals surface area contributed by atoms with Crippen molar-refractivity contribution in [3.05, 3.63) is 22.2 Å². The van der Waals surface area contributed by atoms with Crippen molar-refractivity contribution in [1.29, 1.82) is 0 Å². The normalized spacial score (nSPS) is 11.8. The molecule has 10 heteroatoms. The van der Waals surface area contributed by atoms with E-state index < -0.39 is 17.8 Å². The van der Waals surface area contributed by atoms with Crippen molar-refractivity contribution in [1.82, 2.24) is 19.6 Å². The van der Waals surface area contributed by atoms with Gasteiger partial charge in [-0.1, -0.05) is 0 Å². The lowest BCUT2D eigenvalue weighted by Gasteiger charge is -2.09. The number of hydrogen-bond acceptors (Lipinski definition) is 5. The van der Waals surface area contributed by atoms with Crippen LogP contribution in [0, 0.1) is 0 Å². The molecule has 2 heterocycles. The molecule has 0 N–H and O–H groups in total. The number of fused-ring (bicyclic) bond motifs is 1. The first-order valence-corrected chi connectivity index (χ1v) is 5.66. The molecule has 102 valence electrons. The zero-order valence-electron chi connectivity index (χ0n) is 9.40. The first-order chi connectivity index (χ1) is 8.82. The van der Waals surface area contributed by atoms with Crippen LogP contribution < -0.4 is 0 Å². The molecule has 0 saturated carbocycles. The van der Waals surface area contributed by atoms with Crippen molar-refractivity contribution in [2.75, 3.05) is 7.11 Å². The number of carbonyl (C=O) groups is 1. The van der Waals surface area contributed by atoms with Gasteiger partial charge in [0, 0.05) is 6.20 Å². The Morgan fingerprint density at radius 1 is 1.53 bits per heavy atom. The molecule has 0 unspecified atom stereocenters. The van der Waals surface area contributed by atoms with Crippen LogP contribution in [-0.2, 0) is 22.1 Å². The maximum atomic E-state index is 12.9. The van der Waals surface area contributed by atoms with Crippen molar-refractivity contribution in [2.45, 2.75) is 12.6 Å². The third-order valence-electron chi connectivity index (χ3n) is 2.16. The number of alkyl halides is 3. The number of methoxy groups -OCH3 is 1. The van der Waals surface area contributed by atoms with Gasteiger partial charge in [-0.2, -0.15) is 22.7 Å². The van der Waals surface area contributed by atoms with Gasteiger partial charge in [0.1, 0.15) is 6.42 Å². The van der Waals surface area contributed by atoms with Crippen LogP contribution in [0.25, 0.3) is 5.78 Å². The quantitative estimate of drug-likeness (QED) is 0.778. The van der Waals surface area contributed by atoms with Crippen LogP contribution in [0.5, 0.6) is 0 Å². The Balaban J connectivity index is 2.57. The number of hydrogen-bond donors (Lipinski definition) is 0. The van der Waals surface area contributed by atoms with Crippen molar-refractivity contribution in [2.24, 2.45) is 0 Å².